The molecular weight excluding hydrogens is 170 g/mol. The number of amides is 1. The van der Waals surface area contributed by atoms with E-state index in [0.717, 1.165) is 5.06 Å². The van der Waals surface area contributed by atoms with Crippen LogP contribution in [0.25, 0.3) is 0 Å². The molecule has 0 N–H and O–H groups in total. The van der Waals surface area contributed by atoms with Crippen LogP contribution in [-0.4, -0.2) is 24.0 Å². The fraction of sp³-hybridized carbons (Fsp3) is 0.778. The molecule has 1 unspecified atom stereocenters. The molecule has 1 atom stereocenters. The van der Waals surface area contributed by atoms with Crippen LogP contribution >= 0.6 is 0 Å². The zero-order valence-corrected chi connectivity index (χ0v) is 8.66. The predicted molar refractivity (Wildman–Crippen MR) is 48.6 cm³/mol. The highest BCUT2D eigenvalue weighted by molar-refractivity contribution is 5.78. The van der Waals surface area contributed by atoms with E-state index in [9.17, 15) is 9.59 Å². The molecule has 0 aromatic rings. The normalized spacial score (nSPS) is 12.0. The first kappa shape index (κ1) is 11.9. The zero-order chi connectivity index (χ0) is 10.4. The summed E-state index contributed by atoms with van der Waals surface area (Å²) in [5.41, 5.74) is 0. The van der Waals surface area contributed by atoms with Crippen LogP contribution in [0.15, 0.2) is 0 Å². The number of hydrogen-bond acceptors (Lipinski definition) is 3. The number of rotatable bonds is 3. The predicted octanol–water partition coefficient (Wildman–Crippen LogP) is 1.36. The summed E-state index contributed by atoms with van der Waals surface area (Å²) < 4.78 is 0. The van der Waals surface area contributed by atoms with Gasteiger partial charge < -0.3 is 4.84 Å². The van der Waals surface area contributed by atoms with Gasteiger partial charge in [-0.2, -0.15) is 5.06 Å². The Morgan fingerprint density at radius 1 is 1.38 bits per heavy atom. The van der Waals surface area contributed by atoms with Crippen LogP contribution in [0.2, 0.25) is 0 Å². The summed E-state index contributed by atoms with van der Waals surface area (Å²) in [5, 5.41) is 0.995. The molecule has 0 rings (SSSR count). The summed E-state index contributed by atoms with van der Waals surface area (Å²) in [4.78, 5) is 27.0. The minimum Gasteiger partial charge on any atom is -0.338 e. The number of carbonyl (C=O) groups is 2. The smallest absolute Gasteiger partial charge is 0.335 e. The van der Waals surface area contributed by atoms with Gasteiger partial charge in [-0.25, -0.2) is 4.79 Å². The van der Waals surface area contributed by atoms with Gasteiger partial charge in [-0.1, -0.05) is 20.8 Å². The third kappa shape index (κ3) is 3.92. The van der Waals surface area contributed by atoms with E-state index in [4.69, 9.17) is 4.84 Å². The number of hydrogen-bond donors (Lipinski definition) is 0. The molecule has 0 heterocycles. The molecule has 0 aliphatic carbocycles. The van der Waals surface area contributed by atoms with Gasteiger partial charge in [0.05, 0.1) is 5.92 Å². The highest BCUT2D eigenvalue weighted by atomic mass is 16.7. The Kier molecular flexibility index (Phi) is 5.11. The SMILES string of the molecule is CCC(=O)N(C)OC(=O)C(C)CC. The van der Waals surface area contributed by atoms with Crippen LogP contribution in [0.4, 0.5) is 0 Å². The average molecular weight is 187 g/mol. The van der Waals surface area contributed by atoms with Crippen molar-refractivity contribution in [3.8, 4) is 0 Å². The van der Waals surface area contributed by atoms with Gasteiger partial charge in [0.25, 0.3) is 5.91 Å². The molecule has 0 radical (unpaired) electrons. The van der Waals surface area contributed by atoms with Crippen molar-refractivity contribution < 1.29 is 14.4 Å². The average Bonchev–Trinajstić information content (AvgIpc) is 2.14. The van der Waals surface area contributed by atoms with E-state index in [1.54, 1.807) is 13.8 Å². The minimum atomic E-state index is -0.355. The molecule has 4 heteroatoms. The van der Waals surface area contributed by atoms with Crippen LogP contribution in [0, 0.1) is 5.92 Å². The van der Waals surface area contributed by atoms with Crippen molar-refractivity contribution in [2.45, 2.75) is 33.6 Å². The Hall–Kier alpha value is -1.06. The van der Waals surface area contributed by atoms with Gasteiger partial charge in [0, 0.05) is 13.5 Å². The van der Waals surface area contributed by atoms with E-state index in [1.807, 2.05) is 6.92 Å². The summed E-state index contributed by atoms with van der Waals surface area (Å²) in [6.07, 6.45) is 1.05. The number of carbonyl (C=O) groups excluding carboxylic acids is 2. The second-order valence-corrected chi connectivity index (χ2v) is 2.96. The Labute approximate surface area is 78.8 Å². The summed E-state index contributed by atoms with van der Waals surface area (Å²) in [6, 6.07) is 0. The van der Waals surface area contributed by atoms with Gasteiger partial charge in [-0.05, 0) is 6.42 Å². The Balaban J connectivity index is 3.98. The van der Waals surface area contributed by atoms with Crippen molar-refractivity contribution >= 4 is 11.9 Å². The fourth-order valence-electron chi connectivity index (χ4n) is 0.665. The van der Waals surface area contributed by atoms with Gasteiger partial charge in [0.1, 0.15) is 0 Å². The van der Waals surface area contributed by atoms with E-state index < -0.39 is 0 Å². The van der Waals surface area contributed by atoms with Gasteiger partial charge in [0.2, 0.25) is 0 Å². The van der Waals surface area contributed by atoms with Crippen LogP contribution in [0.1, 0.15) is 33.6 Å². The summed E-state index contributed by atoms with van der Waals surface area (Å²) in [7, 11) is 1.45. The Morgan fingerprint density at radius 3 is 2.31 bits per heavy atom. The van der Waals surface area contributed by atoms with E-state index in [1.165, 1.54) is 7.05 Å². The lowest BCUT2D eigenvalue weighted by Crippen LogP contribution is -2.31. The molecule has 0 saturated heterocycles. The molecule has 0 aromatic carbocycles. The first-order valence-corrected chi connectivity index (χ1v) is 4.51. The maximum atomic E-state index is 11.2. The van der Waals surface area contributed by atoms with Crippen molar-refractivity contribution in [1.82, 2.24) is 5.06 Å². The largest absolute Gasteiger partial charge is 0.338 e. The maximum Gasteiger partial charge on any atom is 0.335 e. The van der Waals surface area contributed by atoms with Crippen LogP contribution in [-0.2, 0) is 14.4 Å². The molecule has 0 aromatic heterocycles. The first-order valence-electron chi connectivity index (χ1n) is 4.51. The molecule has 0 bridgehead atoms. The number of nitrogens with zero attached hydrogens (tertiary/aromatic N) is 1. The Morgan fingerprint density at radius 2 is 1.92 bits per heavy atom. The van der Waals surface area contributed by atoms with Crippen LogP contribution < -0.4 is 0 Å². The first-order chi connectivity index (χ1) is 6.02. The lowest BCUT2D eigenvalue weighted by atomic mass is 10.1. The van der Waals surface area contributed by atoms with Gasteiger partial charge in [0.15, 0.2) is 0 Å². The second-order valence-electron chi connectivity index (χ2n) is 2.96. The van der Waals surface area contributed by atoms with Crippen LogP contribution in [0.5, 0.6) is 0 Å². The lowest BCUT2D eigenvalue weighted by molar-refractivity contribution is -0.195. The van der Waals surface area contributed by atoms with E-state index >= 15 is 0 Å². The molecule has 4 nitrogen and oxygen atoms in total. The van der Waals surface area contributed by atoms with Gasteiger partial charge in [-0.3, -0.25) is 4.79 Å². The third-order valence-corrected chi connectivity index (χ3v) is 1.90. The monoisotopic (exact) mass is 187 g/mol. The fourth-order valence-corrected chi connectivity index (χ4v) is 0.665. The molecular formula is C9H17NO3. The Bertz CT molecular complexity index is 191. The molecule has 0 saturated carbocycles. The standard InChI is InChI=1S/C9H17NO3/c1-5-7(3)9(12)13-10(4)8(11)6-2/h7H,5-6H2,1-4H3. The highest BCUT2D eigenvalue weighted by Crippen LogP contribution is 2.04. The van der Waals surface area contributed by atoms with Crippen molar-refractivity contribution in [2.24, 2.45) is 5.92 Å². The summed E-state index contributed by atoms with van der Waals surface area (Å²) in [6.45, 7) is 5.39. The van der Waals surface area contributed by atoms with Gasteiger partial charge in [-0.15, -0.1) is 0 Å². The van der Waals surface area contributed by atoms with Gasteiger partial charge >= 0.3 is 5.97 Å². The molecule has 0 fully saturated rings. The van der Waals surface area contributed by atoms with Crippen molar-refractivity contribution in [3.05, 3.63) is 0 Å². The molecule has 76 valence electrons. The van der Waals surface area contributed by atoms with E-state index in [-0.39, 0.29) is 17.8 Å². The third-order valence-electron chi connectivity index (χ3n) is 1.90. The van der Waals surface area contributed by atoms with Crippen LogP contribution in [0.3, 0.4) is 0 Å². The van der Waals surface area contributed by atoms with E-state index in [0.29, 0.717) is 12.8 Å². The van der Waals surface area contributed by atoms with E-state index in [2.05, 4.69) is 0 Å². The number of hydroxylamine groups is 2. The van der Waals surface area contributed by atoms with Crippen molar-refractivity contribution in [2.75, 3.05) is 7.05 Å². The quantitative estimate of drug-likeness (QED) is 0.627. The second kappa shape index (κ2) is 5.56. The minimum absolute atomic E-state index is 0.160. The molecule has 0 aliphatic heterocycles. The highest BCUT2D eigenvalue weighted by Gasteiger charge is 2.17. The molecule has 1 amide bonds. The molecule has 0 spiro atoms. The van der Waals surface area contributed by atoms with Crippen molar-refractivity contribution in [1.29, 1.82) is 0 Å². The maximum absolute atomic E-state index is 11.2. The topological polar surface area (TPSA) is 46.6 Å². The molecule has 13 heavy (non-hydrogen) atoms. The summed E-state index contributed by atoms with van der Waals surface area (Å²) >= 11 is 0. The summed E-state index contributed by atoms with van der Waals surface area (Å²) in [5.74, 6) is -0.712. The van der Waals surface area contributed by atoms with Crippen molar-refractivity contribution in [3.63, 3.8) is 0 Å². The molecule has 0 aliphatic rings. The lowest BCUT2D eigenvalue weighted by Gasteiger charge is -2.17. The zero-order valence-electron chi connectivity index (χ0n) is 8.66.